The molecule has 4 nitrogen and oxygen atoms in total. The monoisotopic (exact) mass is 211 g/mol. The minimum Gasteiger partial charge on any atom is -0.384 e. The standard InChI is InChI=1S/C9H7F2N3O/c10-8(11)5-3-7(15)14-9-4(5)1-2-6(12)13-9/h1-3,8H,(H3,12,13,14,15). The first-order valence-corrected chi connectivity index (χ1v) is 4.15. The molecule has 78 valence electrons. The highest BCUT2D eigenvalue weighted by Crippen LogP contribution is 2.24. The molecule has 0 radical (unpaired) electrons. The van der Waals surface area contributed by atoms with Crippen LogP contribution in [0.3, 0.4) is 0 Å². The average molecular weight is 211 g/mol. The number of hydrogen-bond acceptors (Lipinski definition) is 3. The average Bonchev–Trinajstić information content (AvgIpc) is 2.15. The van der Waals surface area contributed by atoms with E-state index < -0.39 is 12.0 Å². The molecule has 15 heavy (non-hydrogen) atoms. The van der Waals surface area contributed by atoms with Crippen LogP contribution >= 0.6 is 0 Å². The molecule has 0 unspecified atom stereocenters. The van der Waals surface area contributed by atoms with E-state index in [1.54, 1.807) is 0 Å². The molecule has 2 aromatic rings. The van der Waals surface area contributed by atoms with Crippen molar-refractivity contribution in [3.05, 3.63) is 34.1 Å². The number of H-pyrrole nitrogens is 1. The van der Waals surface area contributed by atoms with E-state index in [2.05, 4.69) is 9.97 Å². The molecule has 0 aliphatic heterocycles. The summed E-state index contributed by atoms with van der Waals surface area (Å²) in [5.74, 6) is 0.171. The lowest BCUT2D eigenvalue weighted by molar-refractivity contribution is 0.153. The fraction of sp³-hybridized carbons (Fsp3) is 0.111. The maximum atomic E-state index is 12.6. The highest BCUT2D eigenvalue weighted by molar-refractivity contribution is 5.80. The van der Waals surface area contributed by atoms with Gasteiger partial charge in [-0.1, -0.05) is 0 Å². The molecule has 0 fully saturated rings. The van der Waals surface area contributed by atoms with E-state index >= 15 is 0 Å². The third-order valence-corrected chi connectivity index (χ3v) is 1.99. The van der Waals surface area contributed by atoms with Crippen molar-refractivity contribution >= 4 is 16.9 Å². The number of hydrogen-bond donors (Lipinski definition) is 2. The maximum Gasteiger partial charge on any atom is 0.264 e. The molecule has 0 aromatic carbocycles. The first-order valence-electron chi connectivity index (χ1n) is 4.15. The Morgan fingerprint density at radius 1 is 1.40 bits per heavy atom. The van der Waals surface area contributed by atoms with Crippen LogP contribution in [0.2, 0.25) is 0 Å². The van der Waals surface area contributed by atoms with Crippen molar-refractivity contribution in [1.82, 2.24) is 9.97 Å². The van der Waals surface area contributed by atoms with Gasteiger partial charge >= 0.3 is 0 Å². The topological polar surface area (TPSA) is 71.8 Å². The van der Waals surface area contributed by atoms with Crippen LogP contribution in [0, 0.1) is 0 Å². The van der Waals surface area contributed by atoms with E-state index in [0.717, 1.165) is 6.07 Å². The van der Waals surface area contributed by atoms with Gasteiger partial charge in [-0.25, -0.2) is 13.8 Å². The molecule has 0 saturated heterocycles. The normalized spacial score (nSPS) is 11.1. The van der Waals surface area contributed by atoms with Crippen molar-refractivity contribution in [2.45, 2.75) is 6.43 Å². The molecule has 0 aliphatic rings. The Morgan fingerprint density at radius 3 is 2.80 bits per heavy atom. The Morgan fingerprint density at radius 2 is 2.13 bits per heavy atom. The van der Waals surface area contributed by atoms with Gasteiger partial charge in [0.25, 0.3) is 6.43 Å². The molecule has 6 heteroatoms. The van der Waals surface area contributed by atoms with Gasteiger partial charge < -0.3 is 10.7 Å². The first kappa shape index (κ1) is 9.57. The van der Waals surface area contributed by atoms with Gasteiger partial charge in [-0.2, -0.15) is 0 Å². The molecule has 0 aliphatic carbocycles. The van der Waals surface area contributed by atoms with Crippen LogP contribution in [-0.4, -0.2) is 9.97 Å². The van der Waals surface area contributed by atoms with Gasteiger partial charge in [0.05, 0.1) is 0 Å². The van der Waals surface area contributed by atoms with Crippen LogP contribution in [0.1, 0.15) is 12.0 Å². The molecular formula is C9H7F2N3O. The number of nitrogen functional groups attached to an aromatic ring is 1. The van der Waals surface area contributed by atoms with Crippen LogP contribution in [0.25, 0.3) is 11.0 Å². The Kier molecular flexibility index (Phi) is 2.11. The Labute approximate surface area is 82.7 Å². The van der Waals surface area contributed by atoms with Gasteiger partial charge in [0, 0.05) is 17.0 Å². The van der Waals surface area contributed by atoms with E-state index in [0.29, 0.717) is 0 Å². The lowest BCUT2D eigenvalue weighted by Crippen LogP contribution is -2.08. The van der Waals surface area contributed by atoms with E-state index in [1.807, 2.05) is 0 Å². The van der Waals surface area contributed by atoms with Gasteiger partial charge in [0.15, 0.2) is 0 Å². The summed E-state index contributed by atoms with van der Waals surface area (Å²) in [6, 6.07) is 3.69. The highest BCUT2D eigenvalue weighted by Gasteiger charge is 2.13. The lowest BCUT2D eigenvalue weighted by atomic mass is 10.1. The van der Waals surface area contributed by atoms with Crippen molar-refractivity contribution in [2.24, 2.45) is 0 Å². The number of pyridine rings is 2. The van der Waals surface area contributed by atoms with Crippen molar-refractivity contribution < 1.29 is 8.78 Å². The van der Waals surface area contributed by atoms with Crippen LogP contribution in [-0.2, 0) is 0 Å². The van der Waals surface area contributed by atoms with Gasteiger partial charge in [0.2, 0.25) is 5.56 Å². The summed E-state index contributed by atoms with van der Waals surface area (Å²) < 4.78 is 25.1. The molecule has 2 rings (SSSR count). The zero-order chi connectivity index (χ0) is 11.0. The Bertz CT molecular complexity index is 565. The fourth-order valence-electron chi connectivity index (χ4n) is 1.35. The number of halogens is 2. The van der Waals surface area contributed by atoms with Gasteiger partial charge in [-0.05, 0) is 12.1 Å². The second kappa shape index (κ2) is 3.30. The van der Waals surface area contributed by atoms with Crippen molar-refractivity contribution in [3.63, 3.8) is 0 Å². The van der Waals surface area contributed by atoms with Crippen LogP contribution in [0.4, 0.5) is 14.6 Å². The molecule has 0 amide bonds. The van der Waals surface area contributed by atoms with E-state index in [-0.39, 0.29) is 22.4 Å². The number of nitrogens with one attached hydrogen (secondary N) is 1. The van der Waals surface area contributed by atoms with Crippen LogP contribution < -0.4 is 11.3 Å². The summed E-state index contributed by atoms with van der Waals surface area (Å²) in [7, 11) is 0. The van der Waals surface area contributed by atoms with Crippen molar-refractivity contribution in [1.29, 1.82) is 0 Å². The zero-order valence-electron chi connectivity index (χ0n) is 7.50. The molecular weight excluding hydrogens is 204 g/mol. The van der Waals surface area contributed by atoms with Crippen molar-refractivity contribution in [3.8, 4) is 0 Å². The minimum absolute atomic E-state index is 0.0813. The minimum atomic E-state index is -2.71. The summed E-state index contributed by atoms with van der Waals surface area (Å²) in [6.07, 6.45) is -2.71. The van der Waals surface area contributed by atoms with E-state index in [1.165, 1.54) is 12.1 Å². The fourth-order valence-corrected chi connectivity index (χ4v) is 1.35. The number of aromatic amines is 1. The summed E-state index contributed by atoms with van der Waals surface area (Å²) in [6.45, 7) is 0. The van der Waals surface area contributed by atoms with Gasteiger partial charge in [-0.3, -0.25) is 4.79 Å². The Hall–Kier alpha value is -1.98. The number of fused-ring (bicyclic) bond motifs is 1. The largest absolute Gasteiger partial charge is 0.384 e. The molecule has 2 heterocycles. The number of anilines is 1. The number of aromatic nitrogens is 2. The van der Waals surface area contributed by atoms with Gasteiger partial charge in [0.1, 0.15) is 11.5 Å². The van der Waals surface area contributed by atoms with Gasteiger partial charge in [-0.15, -0.1) is 0 Å². The third kappa shape index (κ3) is 1.65. The highest BCUT2D eigenvalue weighted by atomic mass is 19.3. The third-order valence-electron chi connectivity index (χ3n) is 1.99. The molecule has 0 atom stereocenters. The van der Waals surface area contributed by atoms with Crippen molar-refractivity contribution in [2.75, 3.05) is 5.73 Å². The van der Waals surface area contributed by atoms with E-state index in [9.17, 15) is 13.6 Å². The zero-order valence-corrected chi connectivity index (χ0v) is 7.50. The summed E-state index contributed by atoms with van der Waals surface area (Å²) >= 11 is 0. The second-order valence-electron chi connectivity index (χ2n) is 3.02. The molecule has 0 spiro atoms. The molecule has 0 saturated carbocycles. The number of alkyl halides is 2. The molecule has 3 N–H and O–H groups in total. The first-order chi connectivity index (χ1) is 7.08. The maximum absolute atomic E-state index is 12.6. The summed E-state index contributed by atoms with van der Waals surface area (Å²) in [5.41, 5.74) is 4.51. The molecule has 2 aromatic heterocycles. The predicted octanol–water partition coefficient (Wildman–Crippen LogP) is 1.44. The predicted molar refractivity (Wildman–Crippen MR) is 51.7 cm³/mol. The molecule has 0 bridgehead atoms. The summed E-state index contributed by atoms with van der Waals surface area (Å²) in [5, 5.41) is 0.207. The summed E-state index contributed by atoms with van der Waals surface area (Å²) in [4.78, 5) is 17.2. The van der Waals surface area contributed by atoms with Crippen LogP contribution in [0.15, 0.2) is 23.0 Å². The smallest absolute Gasteiger partial charge is 0.264 e. The number of nitrogens with zero attached hydrogens (tertiary/aromatic N) is 1. The Balaban J connectivity index is 2.86. The van der Waals surface area contributed by atoms with E-state index in [4.69, 9.17) is 5.73 Å². The second-order valence-corrected chi connectivity index (χ2v) is 3.02. The SMILES string of the molecule is Nc1ccc2c(C(F)F)cc(=O)[nH]c2n1. The quantitative estimate of drug-likeness (QED) is 0.749. The lowest BCUT2D eigenvalue weighted by Gasteiger charge is -2.04. The number of rotatable bonds is 1. The van der Waals surface area contributed by atoms with Crippen LogP contribution in [0.5, 0.6) is 0 Å². The number of nitrogens with two attached hydrogens (primary N) is 1.